The Kier molecular flexibility index (Phi) is 6.76. The van der Waals surface area contributed by atoms with Gasteiger partial charge in [-0.25, -0.2) is 0 Å². The van der Waals surface area contributed by atoms with Gasteiger partial charge in [0.15, 0.2) is 0 Å². The highest BCUT2D eigenvalue weighted by Gasteiger charge is 2.09. The van der Waals surface area contributed by atoms with E-state index in [0.29, 0.717) is 24.2 Å². The molecule has 36 heavy (non-hydrogen) atoms. The van der Waals surface area contributed by atoms with Gasteiger partial charge >= 0.3 is 0 Å². The largest absolute Gasteiger partial charge is 0.457 e. The molecular weight excluding hydrogens is 448 g/mol. The van der Waals surface area contributed by atoms with Crippen molar-refractivity contribution in [2.75, 3.05) is 11.5 Å². The second-order valence-electron chi connectivity index (χ2n) is 8.43. The number of hydrogen-bond donors (Lipinski definition) is 2. The molecule has 0 amide bonds. The Hall–Kier alpha value is -4.84. The minimum atomic E-state index is 0.684. The third-order valence-corrected chi connectivity index (χ3v) is 5.68. The number of rotatable bonds is 8. The van der Waals surface area contributed by atoms with Crippen molar-refractivity contribution in [2.24, 2.45) is 0 Å². The average Bonchev–Trinajstić information content (AvgIpc) is 2.90. The molecule has 0 aliphatic rings. The lowest BCUT2D eigenvalue weighted by molar-refractivity contribution is 0.482. The molecule has 6 heteroatoms. The van der Waals surface area contributed by atoms with Crippen molar-refractivity contribution < 1.29 is 9.47 Å². The lowest BCUT2D eigenvalue weighted by Gasteiger charge is -2.10. The van der Waals surface area contributed by atoms with Crippen LogP contribution in [0.5, 0.6) is 23.0 Å². The van der Waals surface area contributed by atoms with Gasteiger partial charge in [-0.3, -0.25) is 9.97 Å². The van der Waals surface area contributed by atoms with Gasteiger partial charge in [0.1, 0.15) is 23.0 Å². The molecule has 6 nitrogen and oxygen atoms in total. The molecule has 0 saturated carbocycles. The van der Waals surface area contributed by atoms with Gasteiger partial charge in [-0.1, -0.05) is 24.3 Å². The zero-order valence-corrected chi connectivity index (χ0v) is 19.7. The summed E-state index contributed by atoms with van der Waals surface area (Å²) in [5.74, 6) is 3.03. The molecule has 4 aromatic carbocycles. The predicted molar refractivity (Wildman–Crippen MR) is 142 cm³/mol. The fourth-order valence-electron chi connectivity index (χ4n) is 3.77. The molecule has 0 bridgehead atoms. The lowest BCUT2D eigenvalue weighted by Crippen LogP contribution is -2.03. The molecule has 5 rings (SSSR count). The van der Waals surface area contributed by atoms with E-state index in [1.54, 1.807) is 12.4 Å². The first-order valence-corrected chi connectivity index (χ1v) is 11.6. The Balaban J connectivity index is 1.23. The lowest BCUT2D eigenvalue weighted by atomic mass is 10.0. The van der Waals surface area contributed by atoms with Crippen molar-refractivity contribution in [2.45, 2.75) is 12.8 Å². The van der Waals surface area contributed by atoms with Crippen molar-refractivity contribution in [3.05, 3.63) is 132 Å². The molecule has 0 aliphatic heterocycles. The van der Waals surface area contributed by atoms with Crippen LogP contribution in [0.4, 0.5) is 11.4 Å². The standard InChI is InChI=1S/C30H26N4O2/c31-23-5-13-27(14-6-23)35-25-9-1-21(2-10-25)19-29-30(34-18-17-33-29)20-22-3-11-26(12-4-22)36-28-15-7-24(32)8-16-28/h1-18H,19-20,31-32H2. The Morgan fingerprint density at radius 1 is 0.444 bits per heavy atom. The molecule has 4 N–H and O–H groups in total. The van der Waals surface area contributed by atoms with Crippen molar-refractivity contribution in [3.8, 4) is 23.0 Å². The summed E-state index contributed by atoms with van der Waals surface area (Å²) in [7, 11) is 0. The molecular formula is C30H26N4O2. The molecule has 0 aliphatic carbocycles. The molecule has 5 aromatic rings. The Labute approximate surface area is 210 Å². The summed E-state index contributed by atoms with van der Waals surface area (Å²) in [6, 6.07) is 30.7. The Morgan fingerprint density at radius 2 is 0.750 bits per heavy atom. The number of benzene rings is 4. The summed E-state index contributed by atoms with van der Waals surface area (Å²) >= 11 is 0. The highest BCUT2D eigenvalue weighted by Crippen LogP contribution is 2.25. The van der Waals surface area contributed by atoms with Crippen LogP contribution in [0.1, 0.15) is 22.5 Å². The number of nitrogen functional groups attached to an aromatic ring is 2. The summed E-state index contributed by atoms with van der Waals surface area (Å²) in [5, 5.41) is 0. The van der Waals surface area contributed by atoms with Crippen LogP contribution in [0.25, 0.3) is 0 Å². The van der Waals surface area contributed by atoms with E-state index in [-0.39, 0.29) is 0 Å². The SMILES string of the molecule is Nc1ccc(Oc2ccc(Cc3nccnc3Cc3ccc(Oc4ccc(N)cc4)cc3)cc2)cc1. The van der Waals surface area contributed by atoms with E-state index in [0.717, 1.165) is 45.5 Å². The van der Waals surface area contributed by atoms with Gasteiger partial charge in [-0.15, -0.1) is 0 Å². The van der Waals surface area contributed by atoms with Crippen molar-refractivity contribution in [3.63, 3.8) is 0 Å². The van der Waals surface area contributed by atoms with E-state index in [1.165, 1.54) is 0 Å². The van der Waals surface area contributed by atoms with Crippen molar-refractivity contribution in [1.29, 1.82) is 0 Å². The van der Waals surface area contributed by atoms with Crippen LogP contribution in [0.2, 0.25) is 0 Å². The number of hydrogen-bond acceptors (Lipinski definition) is 6. The third kappa shape index (κ3) is 5.98. The fourth-order valence-corrected chi connectivity index (χ4v) is 3.77. The van der Waals surface area contributed by atoms with Crippen LogP contribution in [0.3, 0.4) is 0 Å². The zero-order valence-electron chi connectivity index (χ0n) is 19.7. The van der Waals surface area contributed by atoms with E-state index in [1.807, 2.05) is 72.8 Å². The molecule has 0 radical (unpaired) electrons. The van der Waals surface area contributed by atoms with Gasteiger partial charge in [0.2, 0.25) is 0 Å². The van der Waals surface area contributed by atoms with Crippen LogP contribution >= 0.6 is 0 Å². The smallest absolute Gasteiger partial charge is 0.127 e. The molecule has 0 fully saturated rings. The number of aromatic nitrogens is 2. The molecule has 0 atom stereocenters. The van der Waals surface area contributed by atoms with Gasteiger partial charge in [0.05, 0.1) is 11.4 Å². The topological polar surface area (TPSA) is 96.3 Å². The Bertz CT molecular complexity index is 1300. The second kappa shape index (κ2) is 10.6. The molecule has 178 valence electrons. The van der Waals surface area contributed by atoms with Gasteiger partial charge in [0.25, 0.3) is 0 Å². The maximum absolute atomic E-state index is 5.89. The highest BCUT2D eigenvalue weighted by atomic mass is 16.5. The number of nitrogens with two attached hydrogens (primary N) is 2. The van der Waals surface area contributed by atoms with Gasteiger partial charge in [0, 0.05) is 36.6 Å². The average molecular weight is 475 g/mol. The third-order valence-electron chi connectivity index (χ3n) is 5.68. The van der Waals surface area contributed by atoms with Gasteiger partial charge in [-0.05, 0) is 83.9 Å². The monoisotopic (exact) mass is 474 g/mol. The highest BCUT2D eigenvalue weighted by molar-refractivity contribution is 5.44. The van der Waals surface area contributed by atoms with Crippen LogP contribution in [0, 0.1) is 0 Å². The van der Waals surface area contributed by atoms with Crippen LogP contribution in [-0.4, -0.2) is 9.97 Å². The zero-order chi connectivity index (χ0) is 24.7. The van der Waals surface area contributed by atoms with Crippen molar-refractivity contribution in [1.82, 2.24) is 9.97 Å². The summed E-state index contributed by atoms with van der Waals surface area (Å²) in [4.78, 5) is 9.22. The number of anilines is 2. The quantitative estimate of drug-likeness (QED) is 0.252. The van der Waals surface area contributed by atoms with Crippen molar-refractivity contribution >= 4 is 11.4 Å². The first-order chi connectivity index (χ1) is 17.6. The predicted octanol–water partition coefficient (Wildman–Crippen LogP) is 6.41. The molecule has 0 spiro atoms. The summed E-state index contributed by atoms with van der Waals surface area (Å²) in [6.45, 7) is 0. The minimum Gasteiger partial charge on any atom is -0.457 e. The van der Waals surface area contributed by atoms with Crippen LogP contribution in [0.15, 0.2) is 109 Å². The van der Waals surface area contributed by atoms with E-state index in [4.69, 9.17) is 20.9 Å². The van der Waals surface area contributed by atoms with Crippen LogP contribution < -0.4 is 20.9 Å². The number of nitrogens with zero attached hydrogens (tertiary/aromatic N) is 2. The van der Waals surface area contributed by atoms with E-state index in [2.05, 4.69) is 34.2 Å². The maximum Gasteiger partial charge on any atom is 0.127 e. The molecule has 1 heterocycles. The maximum atomic E-state index is 5.89. The summed E-state index contributed by atoms with van der Waals surface area (Å²) in [5.41, 5.74) is 17.1. The number of ether oxygens (including phenoxy) is 2. The van der Waals surface area contributed by atoms with E-state index < -0.39 is 0 Å². The van der Waals surface area contributed by atoms with Crippen LogP contribution in [-0.2, 0) is 12.8 Å². The normalized spacial score (nSPS) is 10.7. The van der Waals surface area contributed by atoms with E-state index in [9.17, 15) is 0 Å². The first-order valence-electron chi connectivity index (χ1n) is 11.6. The Morgan fingerprint density at radius 3 is 1.08 bits per heavy atom. The fraction of sp³-hybridized carbons (Fsp3) is 0.0667. The second-order valence-corrected chi connectivity index (χ2v) is 8.43. The van der Waals surface area contributed by atoms with Gasteiger partial charge in [-0.2, -0.15) is 0 Å². The first kappa shape index (κ1) is 22.9. The summed E-state index contributed by atoms with van der Waals surface area (Å²) < 4.78 is 11.8. The molecule has 1 aromatic heterocycles. The van der Waals surface area contributed by atoms with E-state index >= 15 is 0 Å². The molecule has 0 saturated heterocycles. The summed E-state index contributed by atoms with van der Waals surface area (Å²) in [6.07, 6.45) is 4.84. The molecule has 0 unspecified atom stereocenters. The minimum absolute atomic E-state index is 0.684. The van der Waals surface area contributed by atoms with Gasteiger partial charge < -0.3 is 20.9 Å².